The first kappa shape index (κ1) is 30.5. The van der Waals surface area contributed by atoms with Crippen LogP contribution in [0.2, 0.25) is 10.0 Å². The number of aryl methyl sites for hydroxylation is 1. The number of carbonyl (C=O) groups is 2. The number of likely N-dealkylation sites (N-methyl/N-ethyl adjacent to an activating group) is 1. The Labute approximate surface area is 240 Å². The number of benzene rings is 3. The second kappa shape index (κ2) is 13.8. The summed E-state index contributed by atoms with van der Waals surface area (Å²) in [6.07, 6.45) is 1.70. The molecule has 0 saturated carbocycles. The minimum Gasteiger partial charge on any atom is -0.357 e. The third kappa shape index (κ3) is 8.46. The predicted octanol–water partition coefficient (Wildman–Crippen LogP) is 5.23. The third-order valence-electron chi connectivity index (χ3n) is 6.41. The zero-order valence-corrected chi connectivity index (χ0v) is 24.6. The largest absolute Gasteiger partial charge is 0.357 e. The quantitative estimate of drug-likeness (QED) is 0.313. The molecule has 0 saturated heterocycles. The van der Waals surface area contributed by atoms with E-state index in [0.717, 1.165) is 17.4 Å². The van der Waals surface area contributed by atoms with E-state index < -0.39 is 16.1 Å². The van der Waals surface area contributed by atoms with Crippen molar-refractivity contribution in [2.75, 3.05) is 24.2 Å². The number of nitrogens with one attached hydrogen (secondary N) is 1. The Bertz CT molecular complexity index is 1400. The molecular weight excluding hydrogens is 557 g/mol. The maximum atomic E-state index is 13.7. The number of carbonyl (C=O) groups excluding carboxylic acids is 2. The van der Waals surface area contributed by atoms with Gasteiger partial charge in [-0.2, -0.15) is 0 Å². The molecule has 0 aromatic heterocycles. The Balaban J connectivity index is 1.87. The van der Waals surface area contributed by atoms with Crippen LogP contribution in [0.15, 0.2) is 72.8 Å². The maximum absolute atomic E-state index is 13.7. The van der Waals surface area contributed by atoms with E-state index in [1.54, 1.807) is 37.3 Å². The van der Waals surface area contributed by atoms with Crippen LogP contribution in [0.1, 0.15) is 29.5 Å². The molecule has 0 fully saturated rings. The molecule has 208 valence electrons. The Kier molecular flexibility index (Phi) is 10.8. The van der Waals surface area contributed by atoms with E-state index in [4.69, 9.17) is 23.2 Å². The molecule has 2 amide bonds. The first-order valence-electron chi connectivity index (χ1n) is 12.5. The van der Waals surface area contributed by atoms with Crippen LogP contribution in [-0.4, -0.2) is 51.0 Å². The van der Waals surface area contributed by atoms with Gasteiger partial charge < -0.3 is 10.2 Å². The van der Waals surface area contributed by atoms with E-state index in [0.29, 0.717) is 27.7 Å². The standard InChI is InChI=1S/C29H33Cl2N3O4S/c1-21-15-16-24(30)19-26(21)34(39(3,37)38)17-9-14-28(35)33(20-23-12-7-8-13-25(23)31)27(29(36)32-2)18-22-10-5-4-6-11-22/h4-8,10-13,15-16,19,27H,9,14,17-18,20H2,1-3H3,(H,32,36)/t27-/m1/s1. The van der Waals surface area contributed by atoms with Crippen molar-refractivity contribution in [3.05, 3.63) is 99.5 Å². The van der Waals surface area contributed by atoms with Crippen LogP contribution in [0.3, 0.4) is 0 Å². The lowest BCUT2D eigenvalue weighted by Crippen LogP contribution is -2.49. The van der Waals surface area contributed by atoms with Gasteiger partial charge in [-0.05, 0) is 48.2 Å². The molecule has 1 N–H and O–H groups in total. The first-order chi connectivity index (χ1) is 18.5. The van der Waals surface area contributed by atoms with Crippen molar-refractivity contribution in [1.29, 1.82) is 0 Å². The summed E-state index contributed by atoms with van der Waals surface area (Å²) in [6.45, 7) is 2.01. The van der Waals surface area contributed by atoms with Crippen molar-refractivity contribution in [3.8, 4) is 0 Å². The van der Waals surface area contributed by atoms with Crippen LogP contribution in [0.4, 0.5) is 5.69 Å². The number of sulfonamides is 1. The Morgan fingerprint density at radius 2 is 1.64 bits per heavy atom. The zero-order chi connectivity index (χ0) is 28.6. The van der Waals surface area contributed by atoms with Gasteiger partial charge in [0.25, 0.3) is 0 Å². The summed E-state index contributed by atoms with van der Waals surface area (Å²) in [5, 5.41) is 3.59. The topological polar surface area (TPSA) is 86.8 Å². The highest BCUT2D eigenvalue weighted by atomic mass is 35.5. The van der Waals surface area contributed by atoms with Crippen molar-refractivity contribution in [2.24, 2.45) is 0 Å². The number of halogens is 2. The first-order valence-corrected chi connectivity index (χ1v) is 15.1. The number of hydrogen-bond donors (Lipinski definition) is 1. The van der Waals surface area contributed by atoms with Crippen LogP contribution >= 0.6 is 23.2 Å². The molecule has 0 heterocycles. The minimum absolute atomic E-state index is 0.0262. The number of rotatable bonds is 12. The molecule has 0 spiro atoms. The molecule has 39 heavy (non-hydrogen) atoms. The van der Waals surface area contributed by atoms with Gasteiger partial charge in [-0.1, -0.05) is 77.8 Å². The van der Waals surface area contributed by atoms with Gasteiger partial charge in [-0.15, -0.1) is 0 Å². The molecule has 7 nitrogen and oxygen atoms in total. The van der Waals surface area contributed by atoms with E-state index in [2.05, 4.69) is 5.32 Å². The normalized spacial score (nSPS) is 12.0. The molecule has 0 radical (unpaired) electrons. The van der Waals surface area contributed by atoms with Crippen LogP contribution in [0.5, 0.6) is 0 Å². The Hall–Kier alpha value is -3.07. The van der Waals surface area contributed by atoms with Gasteiger partial charge in [0.15, 0.2) is 0 Å². The Morgan fingerprint density at radius 3 is 2.28 bits per heavy atom. The van der Waals surface area contributed by atoms with Gasteiger partial charge in [0, 0.05) is 43.0 Å². The number of amides is 2. The third-order valence-corrected chi connectivity index (χ3v) is 8.19. The molecule has 0 unspecified atom stereocenters. The van der Waals surface area contributed by atoms with Crippen LogP contribution in [0, 0.1) is 6.92 Å². The van der Waals surface area contributed by atoms with E-state index in [1.807, 2.05) is 42.5 Å². The maximum Gasteiger partial charge on any atom is 0.242 e. The molecule has 0 aliphatic heterocycles. The summed E-state index contributed by atoms with van der Waals surface area (Å²) in [5.74, 6) is -0.581. The van der Waals surface area contributed by atoms with Crippen molar-refractivity contribution < 1.29 is 18.0 Å². The molecule has 0 aliphatic carbocycles. The fourth-order valence-electron chi connectivity index (χ4n) is 4.36. The zero-order valence-electron chi connectivity index (χ0n) is 22.2. The minimum atomic E-state index is -3.64. The molecule has 1 atom stereocenters. The highest BCUT2D eigenvalue weighted by molar-refractivity contribution is 7.92. The van der Waals surface area contributed by atoms with Crippen molar-refractivity contribution >= 4 is 50.7 Å². The summed E-state index contributed by atoms with van der Waals surface area (Å²) in [4.78, 5) is 28.3. The fourth-order valence-corrected chi connectivity index (χ4v) is 5.74. The predicted molar refractivity (Wildman–Crippen MR) is 158 cm³/mol. The van der Waals surface area contributed by atoms with Gasteiger partial charge >= 0.3 is 0 Å². The van der Waals surface area contributed by atoms with Gasteiger partial charge in [0.1, 0.15) is 6.04 Å². The number of anilines is 1. The van der Waals surface area contributed by atoms with Gasteiger partial charge in [0.2, 0.25) is 21.8 Å². The van der Waals surface area contributed by atoms with Crippen molar-refractivity contribution in [1.82, 2.24) is 10.2 Å². The molecule has 3 aromatic rings. The average molecular weight is 591 g/mol. The van der Waals surface area contributed by atoms with Crippen molar-refractivity contribution in [3.63, 3.8) is 0 Å². The molecule has 0 aliphatic rings. The van der Waals surface area contributed by atoms with E-state index >= 15 is 0 Å². The summed E-state index contributed by atoms with van der Waals surface area (Å²) in [7, 11) is -2.10. The second-order valence-electron chi connectivity index (χ2n) is 9.30. The summed E-state index contributed by atoms with van der Waals surface area (Å²) < 4.78 is 26.6. The van der Waals surface area contributed by atoms with Crippen LogP contribution in [0.25, 0.3) is 0 Å². The molecule has 0 bridgehead atoms. The summed E-state index contributed by atoms with van der Waals surface area (Å²) in [6, 6.07) is 20.9. The smallest absolute Gasteiger partial charge is 0.242 e. The lowest BCUT2D eigenvalue weighted by molar-refractivity contribution is -0.141. The van der Waals surface area contributed by atoms with Crippen LogP contribution < -0.4 is 9.62 Å². The second-order valence-corrected chi connectivity index (χ2v) is 12.1. The van der Waals surface area contributed by atoms with E-state index in [9.17, 15) is 18.0 Å². The van der Waals surface area contributed by atoms with Crippen molar-refractivity contribution in [2.45, 2.75) is 38.8 Å². The highest BCUT2D eigenvalue weighted by Crippen LogP contribution is 2.27. The highest BCUT2D eigenvalue weighted by Gasteiger charge is 2.30. The van der Waals surface area contributed by atoms with Gasteiger partial charge in [0.05, 0.1) is 11.9 Å². The van der Waals surface area contributed by atoms with Gasteiger partial charge in [-0.3, -0.25) is 13.9 Å². The Morgan fingerprint density at radius 1 is 0.974 bits per heavy atom. The number of nitrogens with zero attached hydrogens (tertiary/aromatic N) is 2. The summed E-state index contributed by atoms with van der Waals surface area (Å²) in [5.41, 5.74) is 2.83. The summed E-state index contributed by atoms with van der Waals surface area (Å²) >= 11 is 12.6. The molecular formula is C29H33Cl2N3O4S. The number of hydrogen-bond acceptors (Lipinski definition) is 4. The SMILES string of the molecule is CNC(=O)[C@@H](Cc1ccccc1)N(Cc1ccccc1Cl)C(=O)CCCN(c1cc(Cl)ccc1C)S(C)(=O)=O. The molecule has 10 heteroatoms. The van der Waals surface area contributed by atoms with Crippen LogP contribution in [-0.2, 0) is 32.6 Å². The van der Waals surface area contributed by atoms with E-state index in [-0.39, 0.29) is 37.7 Å². The fraction of sp³-hybridized carbons (Fsp3) is 0.310. The molecule has 3 rings (SSSR count). The molecule has 3 aromatic carbocycles. The lowest BCUT2D eigenvalue weighted by Gasteiger charge is -2.32. The van der Waals surface area contributed by atoms with E-state index in [1.165, 1.54) is 16.3 Å². The van der Waals surface area contributed by atoms with Gasteiger partial charge in [-0.25, -0.2) is 8.42 Å². The average Bonchev–Trinajstić information content (AvgIpc) is 2.90. The lowest BCUT2D eigenvalue weighted by atomic mass is 10.0. The monoisotopic (exact) mass is 589 g/mol.